The molecule has 2 aromatic carbocycles. The largest absolute Gasteiger partial charge is 0.379 e. The molecule has 0 N–H and O–H groups in total. The Morgan fingerprint density at radius 3 is 2.78 bits per heavy atom. The zero-order valence-corrected chi connectivity index (χ0v) is 17.8. The predicted octanol–water partition coefficient (Wildman–Crippen LogP) is 5.36. The number of nitro benzene ring substituents is 1. The highest BCUT2D eigenvalue weighted by Gasteiger charge is 2.27. The molecule has 1 aliphatic carbocycles. The van der Waals surface area contributed by atoms with Crippen molar-refractivity contribution < 1.29 is 24.2 Å². The Bertz CT molecular complexity index is 1040. The first kappa shape index (κ1) is 22.0. The van der Waals surface area contributed by atoms with E-state index in [0.29, 0.717) is 25.4 Å². The van der Waals surface area contributed by atoms with Gasteiger partial charge in [-0.15, -0.1) is 0 Å². The zero-order chi connectivity index (χ0) is 22.3. The first-order valence-corrected chi connectivity index (χ1v) is 10.6. The summed E-state index contributed by atoms with van der Waals surface area (Å²) < 4.78 is 11.8. The monoisotopic (exact) mass is 435 g/mol. The van der Waals surface area contributed by atoms with Gasteiger partial charge in [-0.05, 0) is 35.8 Å². The molecule has 2 atom stereocenters. The summed E-state index contributed by atoms with van der Waals surface area (Å²) in [5, 5.41) is 11.1. The van der Waals surface area contributed by atoms with Crippen LogP contribution < -0.4 is 0 Å². The molecule has 2 aromatic rings. The topological polar surface area (TPSA) is 80.1 Å². The fraction of sp³-hybridized carbons (Fsp3) is 0.280. The van der Waals surface area contributed by atoms with Gasteiger partial charge in [0.15, 0.2) is 5.76 Å². The fourth-order valence-electron chi connectivity index (χ4n) is 3.72. The highest BCUT2D eigenvalue weighted by molar-refractivity contribution is 5.43. The van der Waals surface area contributed by atoms with E-state index < -0.39 is 4.92 Å². The van der Waals surface area contributed by atoms with Gasteiger partial charge in [0.1, 0.15) is 12.2 Å². The lowest BCUT2D eigenvalue weighted by Crippen LogP contribution is -2.24. The summed E-state index contributed by atoms with van der Waals surface area (Å²) in [4.78, 5) is 21.5. The van der Waals surface area contributed by atoms with E-state index in [-0.39, 0.29) is 24.5 Å². The number of hydrogen-bond donors (Lipinski definition) is 0. The van der Waals surface area contributed by atoms with Crippen LogP contribution in [0.5, 0.6) is 0 Å². The number of allylic oxidation sites excluding steroid dienone is 3. The number of benzene rings is 2. The Balaban J connectivity index is 1.55. The minimum Gasteiger partial charge on any atom is -0.379 e. The van der Waals surface area contributed by atoms with E-state index >= 15 is 0 Å². The van der Waals surface area contributed by atoms with Crippen LogP contribution in [-0.4, -0.2) is 24.2 Å². The van der Waals surface area contributed by atoms with Gasteiger partial charge in [-0.3, -0.25) is 10.1 Å². The van der Waals surface area contributed by atoms with E-state index in [9.17, 15) is 10.1 Å². The molecule has 0 aromatic heterocycles. The van der Waals surface area contributed by atoms with Gasteiger partial charge in [-0.2, -0.15) is 4.89 Å². The fourth-order valence-corrected chi connectivity index (χ4v) is 3.72. The number of rotatable bonds is 9. The Hall–Kier alpha value is -3.26. The van der Waals surface area contributed by atoms with Crippen LogP contribution in [0.4, 0.5) is 5.69 Å². The van der Waals surface area contributed by atoms with Crippen molar-refractivity contribution in [2.45, 2.75) is 32.2 Å². The molecular formula is C25H25NO6. The van der Waals surface area contributed by atoms with Crippen molar-refractivity contribution in [1.82, 2.24) is 0 Å². The summed E-state index contributed by atoms with van der Waals surface area (Å²) in [7, 11) is 0. The zero-order valence-electron chi connectivity index (χ0n) is 17.8. The first-order chi connectivity index (χ1) is 15.6. The smallest absolute Gasteiger partial charge is 0.269 e. The first-order valence-electron chi connectivity index (χ1n) is 10.6. The maximum absolute atomic E-state index is 11.1. The van der Waals surface area contributed by atoms with Crippen LogP contribution in [0.1, 0.15) is 30.6 Å². The van der Waals surface area contributed by atoms with Gasteiger partial charge in [-0.1, -0.05) is 48.5 Å². The van der Waals surface area contributed by atoms with Crippen molar-refractivity contribution in [3.8, 4) is 0 Å². The predicted molar refractivity (Wildman–Crippen MR) is 118 cm³/mol. The van der Waals surface area contributed by atoms with Crippen LogP contribution in [0.25, 0.3) is 0 Å². The van der Waals surface area contributed by atoms with E-state index in [1.807, 2.05) is 61.5 Å². The Labute approximate surface area is 186 Å². The van der Waals surface area contributed by atoms with E-state index in [2.05, 4.69) is 0 Å². The third kappa shape index (κ3) is 5.31. The molecule has 0 fully saturated rings. The normalized spacial score (nSPS) is 18.5. The van der Waals surface area contributed by atoms with Gasteiger partial charge >= 0.3 is 0 Å². The summed E-state index contributed by atoms with van der Waals surface area (Å²) in [6, 6.07) is 16.5. The lowest BCUT2D eigenvalue weighted by molar-refractivity contribution is -0.385. The molecule has 0 bridgehead atoms. The number of nitrogens with zero attached hydrogens (tertiary/aromatic N) is 1. The molecule has 0 radical (unpaired) electrons. The lowest BCUT2D eigenvalue weighted by Gasteiger charge is -2.29. The average Bonchev–Trinajstić information content (AvgIpc) is 2.83. The number of nitro groups is 1. The maximum atomic E-state index is 11.1. The van der Waals surface area contributed by atoms with Crippen LogP contribution in [-0.2, 0) is 25.9 Å². The van der Waals surface area contributed by atoms with E-state index in [4.69, 9.17) is 19.2 Å². The summed E-state index contributed by atoms with van der Waals surface area (Å²) >= 11 is 0. The number of hydrogen-bond acceptors (Lipinski definition) is 6. The third-order valence-corrected chi connectivity index (χ3v) is 5.27. The maximum Gasteiger partial charge on any atom is 0.269 e. The summed E-state index contributed by atoms with van der Waals surface area (Å²) in [5.41, 5.74) is 3.91. The Morgan fingerprint density at radius 1 is 1.16 bits per heavy atom. The SMILES string of the molecule is CCOCC1C=C2CC(C(OCc3cccc([N+](=O)[O-])c3)c3ccccc3)=CC=C2OO1. The highest BCUT2D eigenvalue weighted by atomic mass is 17.2. The van der Waals surface area contributed by atoms with Crippen LogP contribution >= 0.6 is 0 Å². The second kappa shape index (κ2) is 10.4. The average molecular weight is 435 g/mol. The molecule has 1 heterocycles. The number of non-ortho nitro benzene ring substituents is 1. The number of fused-ring (bicyclic) bond motifs is 1. The van der Waals surface area contributed by atoms with Crippen LogP contribution in [0.3, 0.4) is 0 Å². The minimum absolute atomic E-state index is 0.0525. The second-order valence-electron chi connectivity index (χ2n) is 7.55. The van der Waals surface area contributed by atoms with Crippen molar-refractivity contribution in [2.75, 3.05) is 13.2 Å². The molecule has 0 spiro atoms. The molecule has 166 valence electrons. The summed E-state index contributed by atoms with van der Waals surface area (Å²) in [6.07, 6.45) is 5.98. The second-order valence-corrected chi connectivity index (χ2v) is 7.55. The van der Waals surface area contributed by atoms with Crippen LogP contribution in [0.2, 0.25) is 0 Å². The molecule has 32 heavy (non-hydrogen) atoms. The van der Waals surface area contributed by atoms with Gasteiger partial charge in [0.05, 0.1) is 18.1 Å². The van der Waals surface area contributed by atoms with Crippen molar-refractivity contribution in [3.05, 3.63) is 111 Å². The molecular weight excluding hydrogens is 410 g/mol. The molecule has 7 nitrogen and oxygen atoms in total. The molecule has 2 unspecified atom stereocenters. The third-order valence-electron chi connectivity index (χ3n) is 5.27. The molecule has 0 saturated carbocycles. The molecule has 2 aliphatic rings. The van der Waals surface area contributed by atoms with E-state index in [1.54, 1.807) is 12.1 Å². The molecule has 0 amide bonds. The number of ether oxygens (including phenoxy) is 2. The van der Waals surface area contributed by atoms with Crippen LogP contribution in [0.15, 0.2) is 89.7 Å². The molecule has 0 saturated heterocycles. The van der Waals surface area contributed by atoms with Crippen molar-refractivity contribution >= 4 is 5.69 Å². The molecule has 4 rings (SSSR count). The highest BCUT2D eigenvalue weighted by Crippen LogP contribution is 2.38. The van der Waals surface area contributed by atoms with Crippen LogP contribution in [0, 0.1) is 10.1 Å². The van der Waals surface area contributed by atoms with Gasteiger partial charge in [0, 0.05) is 30.7 Å². The Morgan fingerprint density at radius 2 is 2.00 bits per heavy atom. The van der Waals surface area contributed by atoms with E-state index in [1.165, 1.54) is 6.07 Å². The van der Waals surface area contributed by atoms with Gasteiger partial charge < -0.3 is 14.4 Å². The standard InChI is InChI=1S/C25H25NO6/c1-2-29-17-23-15-21-14-20(11-12-24(21)32-31-23)25(19-8-4-3-5-9-19)30-16-18-7-6-10-22(13-18)26(27)28/h3-13,15,23,25H,2,14,16-17H2,1H3. The van der Waals surface area contributed by atoms with Gasteiger partial charge in [-0.25, -0.2) is 0 Å². The Kier molecular flexibility index (Phi) is 7.11. The van der Waals surface area contributed by atoms with Crippen molar-refractivity contribution in [1.29, 1.82) is 0 Å². The van der Waals surface area contributed by atoms with Crippen molar-refractivity contribution in [3.63, 3.8) is 0 Å². The van der Waals surface area contributed by atoms with Gasteiger partial charge in [0.2, 0.25) is 0 Å². The molecule has 7 heteroatoms. The quantitative estimate of drug-likeness (QED) is 0.300. The minimum atomic E-state index is -0.398. The van der Waals surface area contributed by atoms with E-state index in [0.717, 1.165) is 22.3 Å². The summed E-state index contributed by atoms with van der Waals surface area (Å²) in [5.74, 6) is 0.687. The molecule has 1 aliphatic heterocycles. The summed E-state index contributed by atoms with van der Waals surface area (Å²) in [6.45, 7) is 3.23. The van der Waals surface area contributed by atoms with Gasteiger partial charge in [0.25, 0.3) is 5.69 Å². The van der Waals surface area contributed by atoms with Crippen molar-refractivity contribution in [2.24, 2.45) is 0 Å². The lowest BCUT2D eigenvalue weighted by atomic mass is 9.90.